The molecule has 0 bridgehead atoms. The number of nitrogens with one attached hydrogen (secondary N) is 1. The minimum absolute atomic E-state index is 0.119. The predicted molar refractivity (Wildman–Crippen MR) is 69.8 cm³/mol. The second-order valence-electron chi connectivity index (χ2n) is 3.95. The van der Waals surface area contributed by atoms with E-state index in [-0.39, 0.29) is 18.9 Å². The van der Waals surface area contributed by atoms with Crippen molar-refractivity contribution in [2.45, 2.75) is 33.2 Å². The van der Waals surface area contributed by atoms with Crippen molar-refractivity contribution in [3.8, 4) is 0 Å². The third-order valence-electron chi connectivity index (χ3n) is 2.46. The minimum Gasteiger partial charge on any atom is -0.354 e. The fourth-order valence-corrected chi connectivity index (χ4v) is 1.75. The molecule has 0 aliphatic carbocycles. The Balaban J connectivity index is 2.40. The van der Waals surface area contributed by atoms with Gasteiger partial charge in [0.2, 0.25) is 11.1 Å². The summed E-state index contributed by atoms with van der Waals surface area (Å²) in [4.78, 5) is 22.1. The molecule has 0 fully saturated rings. The van der Waals surface area contributed by atoms with E-state index in [1.807, 2.05) is 6.92 Å². The quantitative estimate of drug-likeness (QED) is 0.642. The first-order valence-corrected chi connectivity index (χ1v) is 6.32. The van der Waals surface area contributed by atoms with Gasteiger partial charge in [-0.25, -0.2) is 0 Å². The molecular weight excluding hydrogens is 277 g/mol. The molecule has 18 heavy (non-hydrogen) atoms. The predicted octanol–water partition coefficient (Wildman–Crippen LogP) is 1.82. The maximum atomic E-state index is 11.6. The number of amides is 1. The molecule has 1 heterocycles. The molecule has 5 nitrogen and oxygen atoms in total. The van der Waals surface area contributed by atoms with Crippen molar-refractivity contribution in [2.75, 3.05) is 6.54 Å². The molecule has 7 heteroatoms. The van der Waals surface area contributed by atoms with E-state index in [2.05, 4.69) is 10.4 Å². The molecule has 0 spiro atoms. The van der Waals surface area contributed by atoms with Gasteiger partial charge in [-0.1, -0.05) is 11.6 Å². The second kappa shape index (κ2) is 6.75. The third kappa shape index (κ3) is 4.31. The first-order valence-electron chi connectivity index (χ1n) is 5.56. The summed E-state index contributed by atoms with van der Waals surface area (Å²) in [5.41, 5.74) is 1.47. The van der Waals surface area contributed by atoms with Crippen LogP contribution in [0, 0.1) is 13.8 Å². The van der Waals surface area contributed by atoms with E-state index < -0.39 is 5.24 Å². The molecule has 1 amide bonds. The Morgan fingerprint density at radius 2 is 2.06 bits per heavy atom. The maximum Gasteiger partial charge on any atom is 0.241 e. The van der Waals surface area contributed by atoms with Gasteiger partial charge in [0.05, 0.1) is 16.4 Å². The summed E-state index contributed by atoms with van der Waals surface area (Å²) in [7, 11) is 0. The Hall–Kier alpha value is -1.07. The number of nitrogens with zero attached hydrogens (tertiary/aromatic N) is 2. The summed E-state index contributed by atoms with van der Waals surface area (Å²) in [6.07, 6.45) is 0.791. The van der Waals surface area contributed by atoms with Gasteiger partial charge in [-0.3, -0.25) is 14.3 Å². The largest absolute Gasteiger partial charge is 0.354 e. The topological polar surface area (TPSA) is 64.0 Å². The van der Waals surface area contributed by atoms with Crippen molar-refractivity contribution in [1.29, 1.82) is 0 Å². The monoisotopic (exact) mass is 291 g/mol. The lowest BCUT2D eigenvalue weighted by Crippen LogP contribution is -2.29. The van der Waals surface area contributed by atoms with E-state index >= 15 is 0 Å². The average molecular weight is 292 g/mol. The van der Waals surface area contributed by atoms with Crippen LogP contribution in [0.2, 0.25) is 5.02 Å². The van der Waals surface area contributed by atoms with Crippen molar-refractivity contribution in [1.82, 2.24) is 15.1 Å². The maximum absolute atomic E-state index is 11.6. The summed E-state index contributed by atoms with van der Waals surface area (Å²) in [6.45, 7) is 4.14. The summed E-state index contributed by atoms with van der Waals surface area (Å²) in [5, 5.41) is 7.03. The van der Waals surface area contributed by atoms with Crippen LogP contribution in [0.25, 0.3) is 0 Å². The van der Waals surface area contributed by atoms with Gasteiger partial charge in [-0.15, -0.1) is 0 Å². The zero-order chi connectivity index (χ0) is 13.7. The summed E-state index contributed by atoms with van der Waals surface area (Å²) in [5.74, 6) is -0.167. The molecule has 1 rings (SSSR count). The average Bonchev–Trinajstić information content (AvgIpc) is 2.52. The van der Waals surface area contributed by atoms with E-state index in [1.54, 1.807) is 11.6 Å². The summed E-state index contributed by atoms with van der Waals surface area (Å²) < 4.78 is 1.56. The number of aryl methyl sites for hydroxylation is 1. The van der Waals surface area contributed by atoms with Crippen LogP contribution >= 0.6 is 23.2 Å². The van der Waals surface area contributed by atoms with E-state index in [9.17, 15) is 9.59 Å². The van der Waals surface area contributed by atoms with Crippen molar-refractivity contribution in [3.63, 3.8) is 0 Å². The van der Waals surface area contributed by atoms with Crippen LogP contribution in [-0.2, 0) is 16.1 Å². The highest BCUT2D eigenvalue weighted by molar-refractivity contribution is 6.63. The highest BCUT2D eigenvalue weighted by atomic mass is 35.5. The van der Waals surface area contributed by atoms with E-state index in [0.29, 0.717) is 23.7 Å². The Kier molecular flexibility index (Phi) is 5.62. The first kappa shape index (κ1) is 15.0. The molecule has 0 aliphatic heterocycles. The Bertz CT molecular complexity index is 457. The lowest BCUT2D eigenvalue weighted by atomic mass is 10.3. The SMILES string of the molecule is Cc1nn(CC(=O)NCCCC(=O)Cl)c(C)c1Cl. The van der Waals surface area contributed by atoms with Crippen LogP contribution in [0.1, 0.15) is 24.2 Å². The third-order valence-corrected chi connectivity index (χ3v) is 3.19. The number of hydrogen-bond donors (Lipinski definition) is 1. The molecular formula is C11H15Cl2N3O2. The van der Waals surface area contributed by atoms with Gasteiger partial charge in [-0.2, -0.15) is 5.10 Å². The van der Waals surface area contributed by atoms with Gasteiger partial charge in [-0.05, 0) is 31.9 Å². The highest BCUT2D eigenvalue weighted by Crippen LogP contribution is 2.18. The Morgan fingerprint density at radius 3 is 2.56 bits per heavy atom. The molecule has 0 atom stereocenters. The van der Waals surface area contributed by atoms with Gasteiger partial charge >= 0.3 is 0 Å². The summed E-state index contributed by atoms with van der Waals surface area (Å²) >= 11 is 11.2. The smallest absolute Gasteiger partial charge is 0.241 e. The zero-order valence-corrected chi connectivity index (χ0v) is 11.8. The molecule has 1 N–H and O–H groups in total. The number of hydrogen-bond acceptors (Lipinski definition) is 3. The zero-order valence-electron chi connectivity index (χ0n) is 10.3. The molecule has 100 valence electrons. The molecule has 0 aliphatic rings. The Labute approximate surface area is 115 Å². The molecule has 0 saturated heterocycles. The van der Waals surface area contributed by atoms with Gasteiger partial charge in [0.1, 0.15) is 6.54 Å². The van der Waals surface area contributed by atoms with Crippen molar-refractivity contribution < 1.29 is 9.59 Å². The van der Waals surface area contributed by atoms with Crippen molar-refractivity contribution >= 4 is 34.4 Å². The molecule has 0 saturated carbocycles. The van der Waals surface area contributed by atoms with Crippen LogP contribution < -0.4 is 5.32 Å². The number of rotatable bonds is 6. The van der Waals surface area contributed by atoms with Crippen molar-refractivity contribution in [2.24, 2.45) is 0 Å². The van der Waals surface area contributed by atoms with E-state index in [1.165, 1.54) is 0 Å². The fraction of sp³-hybridized carbons (Fsp3) is 0.545. The van der Waals surface area contributed by atoms with Crippen LogP contribution in [0.15, 0.2) is 0 Å². The van der Waals surface area contributed by atoms with Crippen molar-refractivity contribution in [3.05, 3.63) is 16.4 Å². The fourth-order valence-electron chi connectivity index (χ4n) is 1.48. The normalized spacial score (nSPS) is 10.4. The number of carbonyl (C=O) groups excluding carboxylic acids is 2. The van der Waals surface area contributed by atoms with Crippen LogP contribution in [0.5, 0.6) is 0 Å². The highest BCUT2D eigenvalue weighted by Gasteiger charge is 2.11. The van der Waals surface area contributed by atoms with E-state index in [0.717, 1.165) is 5.69 Å². The van der Waals surface area contributed by atoms with Gasteiger partial charge in [0, 0.05) is 13.0 Å². The number of carbonyl (C=O) groups is 2. The van der Waals surface area contributed by atoms with Gasteiger partial charge in [0.25, 0.3) is 0 Å². The lowest BCUT2D eigenvalue weighted by Gasteiger charge is -2.06. The first-order chi connectivity index (χ1) is 8.41. The number of aromatic nitrogens is 2. The Morgan fingerprint density at radius 1 is 1.39 bits per heavy atom. The molecule has 1 aromatic rings. The van der Waals surface area contributed by atoms with Crippen LogP contribution in [-0.4, -0.2) is 27.5 Å². The molecule has 0 radical (unpaired) electrons. The number of halogens is 2. The van der Waals surface area contributed by atoms with Gasteiger partial charge in [0.15, 0.2) is 0 Å². The second-order valence-corrected chi connectivity index (χ2v) is 4.75. The van der Waals surface area contributed by atoms with Gasteiger partial charge < -0.3 is 5.32 Å². The molecule has 0 aromatic carbocycles. The lowest BCUT2D eigenvalue weighted by molar-refractivity contribution is -0.122. The standard InChI is InChI=1S/C11H15Cl2N3O2/c1-7-11(13)8(2)16(15-7)6-10(18)14-5-3-4-9(12)17/h3-6H2,1-2H3,(H,14,18). The minimum atomic E-state index is -0.394. The van der Waals surface area contributed by atoms with E-state index in [4.69, 9.17) is 23.2 Å². The molecule has 1 aromatic heterocycles. The summed E-state index contributed by atoms with van der Waals surface area (Å²) in [6, 6.07) is 0. The van der Waals surface area contributed by atoms with Crippen LogP contribution in [0.4, 0.5) is 0 Å². The molecule has 0 unspecified atom stereocenters. The van der Waals surface area contributed by atoms with Crippen LogP contribution in [0.3, 0.4) is 0 Å².